The van der Waals surface area contributed by atoms with Gasteiger partial charge < -0.3 is 15.1 Å². The molecule has 2 unspecified atom stereocenters. The van der Waals surface area contributed by atoms with Gasteiger partial charge in [0.2, 0.25) is 0 Å². The predicted octanol–water partition coefficient (Wildman–Crippen LogP) is 0.289. The first-order valence-electron chi connectivity index (χ1n) is 4.17. The minimum Gasteiger partial charge on any atom is -0.393 e. The molecule has 74 valence electrons. The van der Waals surface area contributed by atoms with E-state index in [4.69, 9.17) is 21.8 Å². The summed E-state index contributed by atoms with van der Waals surface area (Å²) in [4.78, 5) is 1.96. The van der Waals surface area contributed by atoms with Crippen LogP contribution in [-0.4, -0.2) is 53.3 Å². The third-order valence-corrected chi connectivity index (χ3v) is 1.99. The molecule has 4 heteroatoms. The molecule has 2 atom stereocenters. The molecule has 0 saturated carbocycles. The van der Waals surface area contributed by atoms with Gasteiger partial charge in [0.05, 0.1) is 12.2 Å². The zero-order chi connectivity index (χ0) is 9.56. The van der Waals surface area contributed by atoms with E-state index in [9.17, 15) is 0 Å². The Morgan fingerprint density at radius 2 is 2.00 bits per heavy atom. The number of likely N-dealkylation sites (N-methyl/N-ethyl adjacent to an activating group) is 1. The second kappa shape index (κ2) is 6.66. The molecule has 0 amide bonds. The first kappa shape index (κ1) is 12.2. The van der Waals surface area contributed by atoms with Crippen molar-refractivity contribution < 1.29 is 10.2 Å². The van der Waals surface area contributed by atoms with Gasteiger partial charge in [0.1, 0.15) is 0 Å². The average molecular weight is 196 g/mol. The van der Waals surface area contributed by atoms with Crippen molar-refractivity contribution in [3.05, 3.63) is 0 Å². The Kier molecular flexibility index (Phi) is 6.76. The molecule has 0 aromatic rings. The molecule has 0 rings (SSSR count). The van der Waals surface area contributed by atoms with Crippen LogP contribution in [0.5, 0.6) is 0 Å². The maximum Gasteiger partial charge on any atom is 0.0802 e. The largest absolute Gasteiger partial charge is 0.393 e. The molecule has 0 aliphatic carbocycles. The van der Waals surface area contributed by atoms with Gasteiger partial charge in [-0.25, -0.2) is 0 Å². The highest BCUT2D eigenvalue weighted by atomic mass is 35.5. The monoisotopic (exact) mass is 195 g/mol. The van der Waals surface area contributed by atoms with Crippen LogP contribution in [-0.2, 0) is 0 Å². The highest BCUT2D eigenvalue weighted by Crippen LogP contribution is 1.96. The van der Waals surface area contributed by atoms with Gasteiger partial charge in [0.15, 0.2) is 0 Å². The van der Waals surface area contributed by atoms with Gasteiger partial charge in [0.25, 0.3) is 0 Å². The van der Waals surface area contributed by atoms with E-state index in [2.05, 4.69) is 0 Å². The van der Waals surface area contributed by atoms with Crippen molar-refractivity contribution >= 4 is 11.6 Å². The standard InChI is InChI=1S/C8H18ClNO2/c1-7(11)3-4-10(2)6-8(12)5-9/h7-8,11-12H,3-6H2,1-2H3. The van der Waals surface area contributed by atoms with Gasteiger partial charge in [-0.05, 0) is 20.4 Å². The summed E-state index contributed by atoms with van der Waals surface area (Å²) in [6.07, 6.45) is -0.0165. The van der Waals surface area contributed by atoms with Crippen molar-refractivity contribution in [1.29, 1.82) is 0 Å². The first-order chi connectivity index (χ1) is 5.56. The molecule has 0 spiro atoms. The van der Waals surface area contributed by atoms with E-state index in [-0.39, 0.29) is 12.0 Å². The third-order valence-electron chi connectivity index (χ3n) is 1.63. The minimum absolute atomic E-state index is 0.263. The normalized spacial score (nSPS) is 16.5. The Morgan fingerprint density at radius 1 is 1.42 bits per heavy atom. The van der Waals surface area contributed by atoms with Crippen LogP contribution in [0, 0.1) is 0 Å². The highest BCUT2D eigenvalue weighted by molar-refractivity contribution is 6.18. The molecule has 0 aliphatic rings. The van der Waals surface area contributed by atoms with E-state index in [1.165, 1.54) is 0 Å². The Hall–Kier alpha value is 0.170. The summed E-state index contributed by atoms with van der Waals surface area (Å²) in [5, 5.41) is 18.1. The van der Waals surface area contributed by atoms with Crippen LogP contribution >= 0.6 is 11.6 Å². The number of alkyl halides is 1. The van der Waals surface area contributed by atoms with Crippen LogP contribution in [0.25, 0.3) is 0 Å². The van der Waals surface area contributed by atoms with Crippen LogP contribution < -0.4 is 0 Å². The van der Waals surface area contributed by atoms with E-state index >= 15 is 0 Å². The maximum atomic E-state index is 9.16. The van der Waals surface area contributed by atoms with Crippen LogP contribution in [0.2, 0.25) is 0 Å². The smallest absolute Gasteiger partial charge is 0.0802 e. The van der Waals surface area contributed by atoms with Gasteiger partial charge in [-0.15, -0.1) is 11.6 Å². The zero-order valence-electron chi connectivity index (χ0n) is 7.70. The Morgan fingerprint density at radius 3 is 2.42 bits per heavy atom. The molecule has 0 saturated heterocycles. The van der Waals surface area contributed by atoms with Gasteiger partial charge in [0, 0.05) is 19.0 Å². The van der Waals surface area contributed by atoms with E-state index < -0.39 is 6.10 Å². The molecule has 2 N–H and O–H groups in total. The highest BCUT2D eigenvalue weighted by Gasteiger charge is 2.06. The summed E-state index contributed by atoms with van der Waals surface area (Å²) in [5.74, 6) is 0.263. The topological polar surface area (TPSA) is 43.7 Å². The van der Waals surface area contributed by atoms with Gasteiger partial charge in [-0.2, -0.15) is 0 Å². The van der Waals surface area contributed by atoms with Crippen LogP contribution in [0.15, 0.2) is 0 Å². The molecule has 0 aromatic heterocycles. The number of rotatable bonds is 6. The molecule has 0 bridgehead atoms. The molecular formula is C8H18ClNO2. The SMILES string of the molecule is CC(O)CCN(C)CC(O)CCl. The van der Waals surface area contributed by atoms with Gasteiger partial charge >= 0.3 is 0 Å². The predicted molar refractivity (Wildman–Crippen MR) is 50.5 cm³/mol. The third kappa shape index (κ3) is 6.85. The fraction of sp³-hybridized carbons (Fsp3) is 1.00. The van der Waals surface area contributed by atoms with Crippen molar-refractivity contribution in [1.82, 2.24) is 4.90 Å². The number of halogens is 1. The summed E-state index contributed by atoms with van der Waals surface area (Å²) in [6.45, 7) is 3.10. The average Bonchev–Trinajstić information content (AvgIpc) is 2.00. The first-order valence-corrected chi connectivity index (χ1v) is 4.70. The molecular weight excluding hydrogens is 178 g/mol. The Balaban J connectivity index is 3.39. The number of hydrogen-bond donors (Lipinski definition) is 2. The fourth-order valence-corrected chi connectivity index (χ4v) is 1.00. The summed E-state index contributed by atoms with van der Waals surface area (Å²) >= 11 is 5.43. The van der Waals surface area contributed by atoms with E-state index in [0.717, 1.165) is 13.0 Å². The number of aliphatic hydroxyl groups excluding tert-OH is 2. The summed E-state index contributed by atoms with van der Waals surface area (Å²) in [7, 11) is 1.90. The minimum atomic E-state index is -0.467. The van der Waals surface area contributed by atoms with Crippen molar-refractivity contribution in [3.63, 3.8) is 0 Å². The molecule has 3 nitrogen and oxygen atoms in total. The second-order valence-electron chi connectivity index (χ2n) is 3.21. The van der Waals surface area contributed by atoms with Gasteiger partial charge in [-0.1, -0.05) is 0 Å². The van der Waals surface area contributed by atoms with E-state index in [0.29, 0.717) is 6.54 Å². The van der Waals surface area contributed by atoms with Crippen LogP contribution in [0.4, 0.5) is 0 Å². The molecule has 0 aliphatic heterocycles. The van der Waals surface area contributed by atoms with Crippen molar-refractivity contribution in [2.24, 2.45) is 0 Å². The summed E-state index contributed by atoms with van der Waals surface area (Å²) in [5.41, 5.74) is 0. The lowest BCUT2D eigenvalue weighted by Gasteiger charge is -2.19. The molecule has 0 radical (unpaired) electrons. The van der Waals surface area contributed by atoms with E-state index in [1.807, 2.05) is 11.9 Å². The van der Waals surface area contributed by atoms with Crippen LogP contribution in [0.3, 0.4) is 0 Å². The van der Waals surface area contributed by atoms with Crippen molar-refractivity contribution in [2.75, 3.05) is 26.0 Å². The lowest BCUT2D eigenvalue weighted by atomic mass is 10.2. The maximum absolute atomic E-state index is 9.16. The molecule has 0 fully saturated rings. The Bertz CT molecular complexity index is 111. The van der Waals surface area contributed by atoms with Crippen molar-refractivity contribution in [2.45, 2.75) is 25.6 Å². The lowest BCUT2D eigenvalue weighted by Crippen LogP contribution is -2.32. The van der Waals surface area contributed by atoms with Crippen LogP contribution in [0.1, 0.15) is 13.3 Å². The van der Waals surface area contributed by atoms with Crippen molar-refractivity contribution in [3.8, 4) is 0 Å². The zero-order valence-corrected chi connectivity index (χ0v) is 8.46. The number of nitrogens with zero attached hydrogens (tertiary/aromatic N) is 1. The van der Waals surface area contributed by atoms with E-state index in [1.54, 1.807) is 6.92 Å². The molecule has 0 heterocycles. The molecule has 0 aromatic carbocycles. The quantitative estimate of drug-likeness (QED) is 0.599. The summed E-state index contributed by atoms with van der Waals surface area (Å²) in [6, 6.07) is 0. The number of aliphatic hydroxyl groups is 2. The second-order valence-corrected chi connectivity index (χ2v) is 3.52. The lowest BCUT2D eigenvalue weighted by molar-refractivity contribution is 0.123. The summed E-state index contributed by atoms with van der Waals surface area (Å²) < 4.78 is 0. The molecule has 12 heavy (non-hydrogen) atoms. The Labute approximate surface area is 78.9 Å². The number of hydrogen-bond acceptors (Lipinski definition) is 3. The fourth-order valence-electron chi connectivity index (χ4n) is 0.907. The van der Waals surface area contributed by atoms with Gasteiger partial charge in [-0.3, -0.25) is 0 Å².